The molecular weight excluding hydrogens is 338 g/mol. The summed E-state index contributed by atoms with van der Waals surface area (Å²) in [7, 11) is 0. The Bertz CT molecular complexity index is 694. The maximum atomic E-state index is 12.4. The smallest absolute Gasteiger partial charge is 0.345 e. The van der Waals surface area contributed by atoms with E-state index in [0.717, 1.165) is 36.1 Å². The summed E-state index contributed by atoms with van der Waals surface area (Å²) in [6, 6.07) is 1.79. The van der Waals surface area contributed by atoms with Crippen LogP contribution in [0.25, 0.3) is 0 Å². The zero-order chi connectivity index (χ0) is 18.0. The molecule has 136 valence electrons. The van der Waals surface area contributed by atoms with Gasteiger partial charge in [0.2, 0.25) is 5.91 Å². The first-order valence-corrected chi connectivity index (χ1v) is 9.64. The first-order valence-electron chi connectivity index (χ1n) is 8.83. The van der Waals surface area contributed by atoms with Crippen molar-refractivity contribution in [3.8, 4) is 0 Å². The van der Waals surface area contributed by atoms with Crippen LogP contribution in [0.15, 0.2) is 17.7 Å². The van der Waals surface area contributed by atoms with Crippen molar-refractivity contribution in [2.24, 2.45) is 0 Å². The Balaban J connectivity index is 1.67. The quantitative estimate of drug-likeness (QED) is 0.830. The highest BCUT2D eigenvalue weighted by Gasteiger charge is 2.43. The Morgan fingerprint density at radius 3 is 2.72 bits per heavy atom. The van der Waals surface area contributed by atoms with Gasteiger partial charge in [0, 0.05) is 30.8 Å². The van der Waals surface area contributed by atoms with Gasteiger partial charge in [0.05, 0.1) is 12.2 Å². The molecule has 0 unspecified atom stereocenters. The number of carbonyl (C=O) groups is 2. The fourth-order valence-electron chi connectivity index (χ4n) is 3.70. The van der Waals surface area contributed by atoms with Crippen molar-refractivity contribution >= 4 is 23.2 Å². The molecule has 0 aromatic carbocycles. The second-order valence-corrected chi connectivity index (χ2v) is 8.18. The van der Waals surface area contributed by atoms with E-state index in [1.807, 2.05) is 18.7 Å². The summed E-state index contributed by atoms with van der Waals surface area (Å²) in [5, 5.41) is 9.27. The summed E-state index contributed by atoms with van der Waals surface area (Å²) >= 11 is 1.37. The number of allylic oxidation sites excluding steroid dienone is 2. The molecule has 5 nitrogen and oxygen atoms in total. The summed E-state index contributed by atoms with van der Waals surface area (Å²) in [5.74, 6) is -0.679. The monoisotopic (exact) mass is 363 g/mol. The Morgan fingerprint density at radius 1 is 1.36 bits per heavy atom. The summed E-state index contributed by atoms with van der Waals surface area (Å²) in [4.78, 5) is 27.1. The van der Waals surface area contributed by atoms with Crippen LogP contribution < -0.4 is 0 Å². The lowest BCUT2D eigenvalue weighted by molar-refractivity contribution is -0.140. The molecule has 0 radical (unpaired) electrons. The maximum absolute atomic E-state index is 12.4. The topological polar surface area (TPSA) is 66.8 Å². The molecule has 2 aliphatic rings. The number of carbonyl (C=O) groups excluding carboxylic acids is 1. The van der Waals surface area contributed by atoms with E-state index in [1.165, 1.54) is 16.9 Å². The molecule has 1 aromatic heterocycles. The number of aromatic carboxylic acids is 1. The van der Waals surface area contributed by atoms with E-state index in [0.29, 0.717) is 31.0 Å². The predicted octanol–water partition coefficient (Wildman–Crippen LogP) is 3.58. The molecule has 6 heteroatoms. The predicted molar refractivity (Wildman–Crippen MR) is 97.1 cm³/mol. The summed E-state index contributed by atoms with van der Waals surface area (Å²) < 4.78 is 6.13. The van der Waals surface area contributed by atoms with Crippen molar-refractivity contribution in [2.75, 3.05) is 19.7 Å². The molecule has 25 heavy (non-hydrogen) atoms. The van der Waals surface area contributed by atoms with Gasteiger partial charge in [-0.1, -0.05) is 11.6 Å². The van der Waals surface area contributed by atoms with E-state index in [4.69, 9.17) is 4.74 Å². The summed E-state index contributed by atoms with van der Waals surface area (Å²) in [6.45, 7) is 6.05. The van der Waals surface area contributed by atoms with Crippen molar-refractivity contribution in [1.82, 2.24) is 4.90 Å². The number of fused-ring (bicyclic) bond motifs is 2. The van der Waals surface area contributed by atoms with Gasteiger partial charge in [-0.3, -0.25) is 4.79 Å². The number of ether oxygens (including phenoxy) is 1. The third kappa shape index (κ3) is 3.80. The largest absolute Gasteiger partial charge is 0.477 e. The number of hydrogen-bond acceptors (Lipinski definition) is 4. The zero-order valence-corrected chi connectivity index (χ0v) is 15.7. The zero-order valence-electron chi connectivity index (χ0n) is 14.8. The van der Waals surface area contributed by atoms with Crippen molar-refractivity contribution in [1.29, 1.82) is 0 Å². The van der Waals surface area contributed by atoms with Gasteiger partial charge in [0.15, 0.2) is 0 Å². The minimum Gasteiger partial charge on any atom is -0.477 e. The van der Waals surface area contributed by atoms with Gasteiger partial charge < -0.3 is 14.7 Å². The number of hydrogen-bond donors (Lipinski definition) is 1. The minimum absolute atomic E-state index is 0.194. The molecule has 1 saturated heterocycles. The van der Waals surface area contributed by atoms with Crippen LogP contribution in [0.4, 0.5) is 0 Å². The van der Waals surface area contributed by atoms with Crippen molar-refractivity contribution in [3.63, 3.8) is 0 Å². The number of carboxylic acid groups (broad SMARTS) is 1. The lowest BCUT2D eigenvalue weighted by atomic mass is 9.82. The van der Waals surface area contributed by atoms with Crippen molar-refractivity contribution in [2.45, 2.75) is 51.6 Å². The summed E-state index contributed by atoms with van der Waals surface area (Å²) in [6.07, 6.45) is 5.69. The molecule has 1 amide bonds. The molecule has 1 spiro atoms. The maximum Gasteiger partial charge on any atom is 0.345 e. The van der Waals surface area contributed by atoms with E-state index < -0.39 is 11.6 Å². The van der Waals surface area contributed by atoms with Crippen LogP contribution >= 0.6 is 11.3 Å². The molecule has 1 aromatic rings. The summed E-state index contributed by atoms with van der Waals surface area (Å²) in [5.41, 5.74) is 1.87. The number of likely N-dealkylation sites (tertiary alicyclic amines) is 1. The number of rotatable bonds is 4. The number of nitrogens with zero attached hydrogens (tertiary/aromatic N) is 1. The van der Waals surface area contributed by atoms with E-state index >= 15 is 0 Å². The SMILES string of the molecule is CC(C)=CCCC(=O)N1CCC2(CC1)OCCc1sc(C(=O)O)cc12. The number of piperidine rings is 1. The van der Waals surface area contributed by atoms with Crippen LogP contribution in [0.3, 0.4) is 0 Å². The molecule has 0 bridgehead atoms. The number of thiophene rings is 1. The van der Waals surface area contributed by atoms with Crippen molar-refractivity contribution in [3.05, 3.63) is 33.0 Å². The van der Waals surface area contributed by atoms with Gasteiger partial charge in [-0.2, -0.15) is 0 Å². The van der Waals surface area contributed by atoms with Crippen molar-refractivity contribution < 1.29 is 19.4 Å². The average Bonchev–Trinajstić information content (AvgIpc) is 3.01. The molecule has 3 heterocycles. The Morgan fingerprint density at radius 2 is 2.08 bits per heavy atom. The molecule has 1 N–H and O–H groups in total. The third-order valence-electron chi connectivity index (χ3n) is 5.05. The standard InChI is InChI=1S/C19H25NO4S/c1-13(2)4-3-5-17(21)20-9-7-19(8-10-20)14-12-16(18(22)23)25-15(14)6-11-24-19/h4,12H,3,5-11H2,1-2H3,(H,22,23). The minimum atomic E-state index is -0.874. The molecule has 0 saturated carbocycles. The molecule has 3 rings (SSSR count). The van der Waals surface area contributed by atoms with Gasteiger partial charge in [0.25, 0.3) is 0 Å². The molecule has 1 fully saturated rings. The van der Waals surface area contributed by atoms with E-state index in [1.54, 1.807) is 6.07 Å². The first kappa shape index (κ1) is 18.1. The second-order valence-electron chi connectivity index (χ2n) is 7.05. The second kappa shape index (κ2) is 7.30. The Kier molecular flexibility index (Phi) is 5.29. The van der Waals surface area contributed by atoms with Gasteiger partial charge in [-0.05, 0) is 44.7 Å². The van der Waals surface area contributed by atoms with Gasteiger partial charge >= 0.3 is 5.97 Å². The number of amides is 1. The Labute approximate surface area is 152 Å². The lowest BCUT2D eigenvalue weighted by Gasteiger charge is -2.44. The lowest BCUT2D eigenvalue weighted by Crippen LogP contribution is -2.48. The fourth-order valence-corrected chi connectivity index (χ4v) is 4.77. The Hall–Kier alpha value is -1.66. The highest BCUT2D eigenvalue weighted by atomic mass is 32.1. The molecular formula is C19H25NO4S. The average molecular weight is 363 g/mol. The van der Waals surface area contributed by atoms with Gasteiger partial charge in [0.1, 0.15) is 4.88 Å². The van der Waals surface area contributed by atoms with Crippen LogP contribution in [-0.2, 0) is 21.6 Å². The fraction of sp³-hybridized carbons (Fsp3) is 0.579. The van der Waals surface area contributed by atoms with E-state index in [-0.39, 0.29) is 5.91 Å². The van der Waals surface area contributed by atoms with Crippen LogP contribution in [0, 0.1) is 0 Å². The molecule has 0 aliphatic carbocycles. The third-order valence-corrected chi connectivity index (χ3v) is 6.24. The van der Waals surface area contributed by atoms with Crippen LogP contribution in [0.1, 0.15) is 59.6 Å². The highest BCUT2D eigenvalue weighted by Crippen LogP contribution is 2.44. The first-order chi connectivity index (χ1) is 11.9. The van der Waals surface area contributed by atoms with Crippen LogP contribution in [0.2, 0.25) is 0 Å². The van der Waals surface area contributed by atoms with Crippen LogP contribution in [0.5, 0.6) is 0 Å². The van der Waals surface area contributed by atoms with E-state index in [2.05, 4.69) is 6.08 Å². The number of carboxylic acids is 1. The van der Waals surface area contributed by atoms with Crippen LogP contribution in [-0.4, -0.2) is 41.6 Å². The van der Waals surface area contributed by atoms with Gasteiger partial charge in [-0.15, -0.1) is 11.3 Å². The normalized spacial score (nSPS) is 18.7. The van der Waals surface area contributed by atoms with E-state index in [9.17, 15) is 14.7 Å². The van der Waals surface area contributed by atoms with Gasteiger partial charge in [-0.25, -0.2) is 4.79 Å². The molecule has 0 atom stereocenters. The highest BCUT2D eigenvalue weighted by molar-refractivity contribution is 7.14. The molecule has 2 aliphatic heterocycles.